The third-order valence-corrected chi connectivity index (χ3v) is 6.11. The van der Waals surface area contributed by atoms with Gasteiger partial charge < -0.3 is 14.2 Å². The van der Waals surface area contributed by atoms with Crippen molar-refractivity contribution in [3.8, 4) is 22.9 Å². The summed E-state index contributed by atoms with van der Waals surface area (Å²) < 4.78 is 32.1. The Morgan fingerprint density at radius 3 is 2.30 bits per heavy atom. The average molecular weight is 428 g/mol. The summed E-state index contributed by atoms with van der Waals surface area (Å²) in [6.45, 7) is 3.90. The minimum atomic E-state index is -0.318. The minimum absolute atomic E-state index is 0.0754. The van der Waals surface area contributed by atoms with Crippen LogP contribution >= 0.6 is 11.8 Å². The van der Waals surface area contributed by atoms with E-state index in [0.717, 1.165) is 21.9 Å². The molecule has 0 fully saturated rings. The van der Waals surface area contributed by atoms with E-state index in [0.29, 0.717) is 28.8 Å². The van der Waals surface area contributed by atoms with Crippen LogP contribution in [0.15, 0.2) is 41.4 Å². The number of nitrogens with zero attached hydrogens (tertiary/aromatic N) is 3. The number of aromatic nitrogens is 2. The van der Waals surface area contributed by atoms with Crippen LogP contribution in [0.5, 0.6) is 17.2 Å². The SMILES string of the molecule is COc1cc(C2SC(C)=Nc3c2c(C)nn3-c2cccc(F)c2)cc(OC)c1OC. The lowest BCUT2D eigenvalue weighted by Crippen LogP contribution is -2.07. The zero-order valence-electron chi connectivity index (χ0n) is 17.4. The lowest BCUT2D eigenvalue weighted by molar-refractivity contribution is 0.324. The van der Waals surface area contributed by atoms with Gasteiger partial charge in [0.1, 0.15) is 5.82 Å². The van der Waals surface area contributed by atoms with E-state index in [4.69, 9.17) is 19.2 Å². The van der Waals surface area contributed by atoms with Crippen molar-refractivity contribution < 1.29 is 18.6 Å². The average Bonchev–Trinajstić information content (AvgIpc) is 3.08. The van der Waals surface area contributed by atoms with E-state index < -0.39 is 0 Å². The van der Waals surface area contributed by atoms with Crippen molar-refractivity contribution in [2.45, 2.75) is 19.1 Å². The molecule has 2 aromatic carbocycles. The molecule has 0 saturated heterocycles. The normalized spacial score (nSPS) is 15.4. The smallest absolute Gasteiger partial charge is 0.203 e. The number of methoxy groups -OCH3 is 3. The summed E-state index contributed by atoms with van der Waals surface area (Å²) in [6.07, 6.45) is 0. The van der Waals surface area contributed by atoms with Gasteiger partial charge in [0.05, 0.1) is 43.0 Å². The summed E-state index contributed by atoms with van der Waals surface area (Å²) in [4.78, 5) is 4.74. The number of hydrogen-bond donors (Lipinski definition) is 0. The Labute approximate surface area is 178 Å². The second-order valence-corrected chi connectivity index (χ2v) is 8.10. The first-order chi connectivity index (χ1) is 14.5. The van der Waals surface area contributed by atoms with Gasteiger partial charge in [-0.1, -0.05) is 17.8 Å². The molecule has 0 spiro atoms. The maximum Gasteiger partial charge on any atom is 0.203 e. The number of hydrogen-bond acceptors (Lipinski definition) is 6. The van der Waals surface area contributed by atoms with Gasteiger partial charge in [-0.25, -0.2) is 14.1 Å². The van der Waals surface area contributed by atoms with Crippen LogP contribution in [0.25, 0.3) is 5.69 Å². The van der Waals surface area contributed by atoms with Crippen molar-refractivity contribution in [3.05, 3.63) is 59.0 Å². The van der Waals surface area contributed by atoms with Crippen molar-refractivity contribution in [3.63, 3.8) is 0 Å². The molecule has 0 radical (unpaired) electrons. The van der Waals surface area contributed by atoms with Gasteiger partial charge >= 0.3 is 0 Å². The highest BCUT2D eigenvalue weighted by Crippen LogP contribution is 2.50. The molecule has 1 aliphatic rings. The van der Waals surface area contributed by atoms with Gasteiger partial charge in [0, 0.05) is 5.56 Å². The summed E-state index contributed by atoms with van der Waals surface area (Å²) in [7, 11) is 4.78. The molecule has 0 N–H and O–H groups in total. The largest absolute Gasteiger partial charge is 0.493 e. The molecule has 0 saturated carbocycles. The molecule has 0 amide bonds. The number of thioether (sulfide) groups is 1. The number of aryl methyl sites for hydroxylation is 1. The summed E-state index contributed by atoms with van der Waals surface area (Å²) >= 11 is 1.63. The van der Waals surface area contributed by atoms with Crippen LogP contribution < -0.4 is 14.2 Å². The Balaban J connectivity index is 1.90. The number of aliphatic imine (C=N–C) groups is 1. The maximum absolute atomic E-state index is 13.8. The van der Waals surface area contributed by atoms with E-state index in [1.807, 2.05) is 32.0 Å². The van der Waals surface area contributed by atoms with Crippen LogP contribution in [-0.4, -0.2) is 36.2 Å². The van der Waals surface area contributed by atoms with E-state index >= 15 is 0 Å². The lowest BCUT2D eigenvalue weighted by atomic mass is 10.0. The highest BCUT2D eigenvalue weighted by atomic mass is 32.2. The monoisotopic (exact) mass is 427 g/mol. The molecule has 1 aromatic heterocycles. The number of rotatable bonds is 5. The van der Waals surface area contributed by atoms with Crippen LogP contribution in [0.4, 0.5) is 10.2 Å². The van der Waals surface area contributed by atoms with Crippen molar-refractivity contribution in [2.75, 3.05) is 21.3 Å². The molecule has 8 heteroatoms. The van der Waals surface area contributed by atoms with Crippen LogP contribution in [0.3, 0.4) is 0 Å². The molecular formula is C22H22FN3O3S. The van der Waals surface area contributed by atoms with E-state index in [-0.39, 0.29) is 11.1 Å². The summed E-state index contributed by atoms with van der Waals surface area (Å²) in [5.74, 6) is 2.10. The summed E-state index contributed by atoms with van der Waals surface area (Å²) in [6, 6.07) is 10.2. The lowest BCUT2D eigenvalue weighted by Gasteiger charge is -2.23. The minimum Gasteiger partial charge on any atom is -0.493 e. The summed E-state index contributed by atoms with van der Waals surface area (Å²) in [5, 5.41) is 5.49. The molecule has 156 valence electrons. The number of fused-ring (bicyclic) bond motifs is 1. The third-order valence-electron chi connectivity index (χ3n) is 4.94. The van der Waals surface area contributed by atoms with Crippen LogP contribution in [0, 0.1) is 12.7 Å². The van der Waals surface area contributed by atoms with Crippen LogP contribution in [-0.2, 0) is 0 Å². The quantitative estimate of drug-likeness (QED) is 0.558. The zero-order chi connectivity index (χ0) is 21.4. The number of ether oxygens (including phenoxy) is 3. The fourth-order valence-electron chi connectivity index (χ4n) is 3.62. The predicted molar refractivity (Wildman–Crippen MR) is 117 cm³/mol. The zero-order valence-corrected chi connectivity index (χ0v) is 18.2. The topological polar surface area (TPSA) is 57.9 Å². The number of halogens is 1. The first kappa shape index (κ1) is 20.3. The van der Waals surface area contributed by atoms with Gasteiger partial charge in [-0.3, -0.25) is 0 Å². The van der Waals surface area contributed by atoms with Crippen LogP contribution in [0.2, 0.25) is 0 Å². The Morgan fingerprint density at radius 2 is 1.70 bits per heavy atom. The van der Waals surface area contributed by atoms with E-state index in [1.54, 1.807) is 43.8 Å². The molecule has 1 unspecified atom stereocenters. The highest BCUT2D eigenvalue weighted by molar-refractivity contribution is 8.14. The predicted octanol–water partition coefficient (Wildman–Crippen LogP) is 5.23. The van der Waals surface area contributed by atoms with Crippen molar-refractivity contribution >= 4 is 22.6 Å². The Hall–Kier alpha value is -3.00. The van der Waals surface area contributed by atoms with Gasteiger partial charge in [-0.05, 0) is 49.7 Å². The van der Waals surface area contributed by atoms with Gasteiger partial charge in [0.2, 0.25) is 5.75 Å². The molecular weight excluding hydrogens is 405 g/mol. The highest BCUT2D eigenvalue weighted by Gasteiger charge is 2.31. The molecule has 1 aliphatic heterocycles. The maximum atomic E-state index is 13.8. The standard InChI is InChI=1S/C22H22FN3O3S/c1-12-19-21(14-9-17(27-3)20(29-5)18(10-14)28-4)30-13(2)24-22(19)26(25-12)16-8-6-7-15(23)11-16/h6-11,21H,1-5H3. The molecule has 6 nitrogen and oxygen atoms in total. The van der Waals surface area contributed by atoms with Gasteiger partial charge in [0.15, 0.2) is 17.3 Å². The second-order valence-electron chi connectivity index (χ2n) is 6.80. The second kappa shape index (κ2) is 8.02. The van der Waals surface area contributed by atoms with Crippen molar-refractivity contribution in [1.29, 1.82) is 0 Å². The molecule has 3 aromatic rings. The van der Waals surface area contributed by atoms with E-state index in [2.05, 4.69) is 5.10 Å². The first-order valence-corrected chi connectivity index (χ1v) is 10.2. The summed E-state index contributed by atoms with van der Waals surface area (Å²) in [5.41, 5.74) is 3.42. The molecule has 2 heterocycles. The van der Waals surface area contributed by atoms with E-state index in [1.165, 1.54) is 12.1 Å². The fourth-order valence-corrected chi connectivity index (χ4v) is 4.77. The number of benzene rings is 2. The Bertz CT molecular complexity index is 1120. The van der Waals surface area contributed by atoms with Gasteiger partial charge in [-0.15, -0.1) is 0 Å². The van der Waals surface area contributed by atoms with Crippen molar-refractivity contribution in [1.82, 2.24) is 9.78 Å². The van der Waals surface area contributed by atoms with Gasteiger partial charge in [0.25, 0.3) is 0 Å². The Kier molecular flexibility index (Phi) is 5.42. The third kappa shape index (κ3) is 3.41. The molecule has 0 aliphatic carbocycles. The molecule has 30 heavy (non-hydrogen) atoms. The van der Waals surface area contributed by atoms with E-state index in [9.17, 15) is 4.39 Å². The van der Waals surface area contributed by atoms with Gasteiger partial charge in [-0.2, -0.15) is 5.10 Å². The Morgan fingerprint density at radius 1 is 1.00 bits per heavy atom. The van der Waals surface area contributed by atoms with Crippen molar-refractivity contribution in [2.24, 2.45) is 4.99 Å². The first-order valence-electron chi connectivity index (χ1n) is 9.34. The van der Waals surface area contributed by atoms with Crippen LogP contribution in [0.1, 0.15) is 29.0 Å². The molecule has 1 atom stereocenters. The molecule has 0 bridgehead atoms. The fraction of sp³-hybridized carbons (Fsp3) is 0.273. The molecule has 4 rings (SSSR count).